The zero-order valence-corrected chi connectivity index (χ0v) is 14.0. The second kappa shape index (κ2) is 6.77. The lowest BCUT2D eigenvalue weighted by Gasteiger charge is -2.41. The molecule has 0 bridgehead atoms. The van der Waals surface area contributed by atoms with Crippen LogP contribution in [0, 0.1) is 5.41 Å². The summed E-state index contributed by atoms with van der Waals surface area (Å²) in [6, 6.07) is 0. The first-order valence-electron chi connectivity index (χ1n) is 6.86. The van der Waals surface area contributed by atoms with Crippen molar-refractivity contribution < 1.29 is 36.9 Å². The van der Waals surface area contributed by atoms with E-state index in [0.29, 0.717) is 6.42 Å². The van der Waals surface area contributed by atoms with E-state index in [1.807, 2.05) is 6.92 Å². The zero-order chi connectivity index (χ0) is 15.6. The van der Waals surface area contributed by atoms with Gasteiger partial charge in [0.25, 0.3) is 0 Å². The Hall–Kier alpha value is 0.220. The Bertz CT molecular complexity index is 428. The van der Waals surface area contributed by atoms with Crippen LogP contribution in [0.5, 0.6) is 0 Å². The molecule has 2 rings (SSSR count). The van der Waals surface area contributed by atoms with Crippen molar-refractivity contribution in [2.24, 2.45) is 5.41 Å². The maximum absolute atomic E-state index is 12.2. The summed E-state index contributed by atoms with van der Waals surface area (Å²) < 4.78 is 49.6. The van der Waals surface area contributed by atoms with Crippen molar-refractivity contribution in [3.05, 3.63) is 0 Å². The molecule has 0 aromatic rings. The maximum Gasteiger partial charge on any atom is 0.474 e. The number of phosphoric ester groups is 1. The standard InChI is InChI=1S/C11H22O8P2/c1-3-4-10(12)5-15-21(14)18-8-11(9-19-21)6-16-20(2,13)17-7-11/h10,12H,3-9H2,1-2H3. The van der Waals surface area contributed by atoms with Gasteiger partial charge in [0, 0.05) is 6.66 Å². The van der Waals surface area contributed by atoms with Gasteiger partial charge >= 0.3 is 15.4 Å². The van der Waals surface area contributed by atoms with E-state index in [1.165, 1.54) is 6.66 Å². The highest BCUT2D eigenvalue weighted by Crippen LogP contribution is 2.58. The van der Waals surface area contributed by atoms with Crippen molar-refractivity contribution in [1.29, 1.82) is 0 Å². The normalized spacial score (nSPS) is 42.0. The van der Waals surface area contributed by atoms with Crippen molar-refractivity contribution in [3.63, 3.8) is 0 Å². The molecule has 10 heteroatoms. The number of rotatable bonds is 5. The minimum Gasteiger partial charge on any atom is -0.391 e. The molecular formula is C11H22O8P2. The van der Waals surface area contributed by atoms with Gasteiger partial charge in [-0.1, -0.05) is 13.3 Å². The monoisotopic (exact) mass is 344 g/mol. The number of aliphatic hydroxyl groups is 1. The van der Waals surface area contributed by atoms with E-state index in [9.17, 15) is 14.2 Å². The summed E-state index contributed by atoms with van der Waals surface area (Å²) in [5, 5.41) is 9.57. The summed E-state index contributed by atoms with van der Waals surface area (Å²) in [6.45, 7) is 3.65. The van der Waals surface area contributed by atoms with Crippen LogP contribution in [0.3, 0.4) is 0 Å². The minimum absolute atomic E-state index is 0.0636. The summed E-state index contributed by atoms with van der Waals surface area (Å²) in [5.74, 6) is 0. The molecule has 21 heavy (non-hydrogen) atoms. The van der Waals surface area contributed by atoms with Crippen LogP contribution < -0.4 is 0 Å². The average Bonchev–Trinajstić information content (AvgIpc) is 2.44. The predicted molar refractivity (Wildman–Crippen MR) is 74.2 cm³/mol. The quantitative estimate of drug-likeness (QED) is 0.758. The third-order valence-electron chi connectivity index (χ3n) is 3.32. The number of hydrogen-bond donors (Lipinski definition) is 1. The molecule has 2 aliphatic heterocycles. The highest BCUT2D eigenvalue weighted by molar-refractivity contribution is 7.53. The van der Waals surface area contributed by atoms with Crippen LogP contribution in [-0.2, 0) is 31.7 Å². The molecule has 2 aliphatic rings. The lowest BCUT2D eigenvalue weighted by atomic mass is 9.93. The topological polar surface area (TPSA) is 101 Å². The summed E-state index contributed by atoms with van der Waals surface area (Å²) in [7, 11) is -6.65. The average molecular weight is 344 g/mol. The smallest absolute Gasteiger partial charge is 0.391 e. The van der Waals surface area contributed by atoms with E-state index in [1.54, 1.807) is 0 Å². The van der Waals surface area contributed by atoms with Crippen molar-refractivity contribution in [2.75, 3.05) is 39.7 Å². The van der Waals surface area contributed by atoms with E-state index in [0.717, 1.165) is 6.42 Å². The fraction of sp³-hybridized carbons (Fsp3) is 1.00. The summed E-state index contributed by atoms with van der Waals surface area (Å²) in [6.07, 6.45) is 0.652. The van der Waals surface area contributed by atoms with Crippen molar-refractivity contribution >= 4 is 15.4 Å². The molecule has 124 valence electrons. The molecule has 1 unspecified atom stereocenters. The first-order valence-corrected chi connectivity index (χ1v) is 10.3. The third-order valence-corrected chi connectivity index (χ3v) is 5.87. The van der Waals surface area contributed by atoms with E-state index in [-0.39, 0.29) is 33.0 Å². The van der Waals surface area contributed by atoms with E-state index in [2.05, 4.69) is 0 Å². The second-order valence-electron chi connectivity index (χ2n) is 5.55. The Labute approximate surface area is 124 Å². The number of phosphoric acid groups is 1. The molecule has 0 aromatic heterocycles. The highest BCUT2D eigenvalue weighted by atomic mass is 31.2. The van der Waals surface area contributed by atoms with Crippen LogP contribution in [0.2, 0.25) is 0 Å². The van der Waals surface area contributed by atoms with Crippen molar-refractivity contribution in [3.8, 4) is 0 Å². The summed E-state index contributed by atoms with van der Waals surface area (Å²) in [4.78, 5) is 0. The van der Waals surface area contributed by atoms with E-state index in [4.69, 9.17) is 22.6 Å². The molecule has 1 atom stereocenters. The molecule has 8 nitrogen and oxygen atoms in total. The lowest BCUT2D eigenvalue weighted by Crippen LogP contribution is -2.45. The molecule has 0 amide bonds. The molecule has 1 N–H and O–H groups in total. The van der Waals surface area contributed by atoms with Gasteiger partial charge in [0.1, 0.15) is 0 Å². The fourth-order valence-electron chi connectivity index (χ4n) is 1.93. The number of aliphatic hydroxyl groups excluding tert-OH is 1. The Balaban J connectivity index is 1.82. The van der Waals surface area contributed by atoms with Gasteiger partial charge in [-0.3, -0.25) is 18.1 Å². The maximum atomic E-state index is 12.2. The molecule has 2 fully saturated rings. The van der Waals surface area contributed by atoms with Gasteiger partial charge in [-0.15, -0.1) is 0 Å². The third kappa shape index (κ3) is 4.85. The molecular weight excluding hydrogens is 322 g/mol. The van der Waals surface area contributed by atoms with Crippen LogP contribution >= 0.6 is 15.4 Å². The van der Waals surface area contributed by atoms with Crippen LogP contribution in [0.1, 0.15) is 19.8 Å². The minimum atomic E-state index is -3.66. The summed E-state index contributed by atoms with van der Waals surface area (Å²) in [5.41, 5.74) is -0.622. The van der Waals surface area contributed by atoms with Gasteiger partial charge in [-0.05, 0) is 6.42 Å². The van der Waals surface area contributed by atoms with E-state index < -0.39 is 26.9 Å². The van der Waals surface area contributed by atoms with Crippen LogP contribution in [0.4, 0.5) is 0 Å². The Morgan fingerprint density at radius 3 is 2.19 bits per heavy atom. The fourth-order valence-corrected chi connectivity index (χ4v) is 4.47. The lowest BCUT2D eigenvalue weighted by molar-refractivity contribution is -0.0854. The van der Waals surface area contributed by atoms with Crippen LogP contribution in [-0.4, -0.2) is 50.9 Å². The van der Waals surface area contributed by atoms with Gasteiger partial charge in [-0.25, -0.2) is 4.57 Å². The Morgan fingerprint density at radius 1 is 1.14 bits per heavy atom. The molecule has 0 aliphatic carbocycles. The van der Waals surface area contributed by atoms with Gasteiger partial charge in [0.2, 0.25) is 0 Å². The zero-order valence-electron chi connectivity index (χ0n) is 12.2. The van der Waals surface area contributed by atoms with Crippen LogP contribution in [0.25, 0.3) is 0 Å². The van der Waals surface area contributed by atoms with Crippen LogP contribution in [0.15, 0.2) is 0 Å². The molecule has 0 radical (unpaired) electrons. The Morgan fingerprint density at radius 2 is 1.67 bits per heavy atom. The van der Waals surface area contributed by atoms with Gasteiger partial charge in [-0.2, -0.15) is 0 Å². The summed E-state index contributed by atoms with van der Waals surface area (Å²) >= 11 is 0. The molecule has 1 spiro atoms. The first kappa shape index (κ1) is 17.6. The molecule has 0 saturated carbocycles. The number of hydrogen-bond acceptors (Lipinski definition) is 8. The SMILES string of the molecule is CCCC(O)COP1(=O)OCC2(COP(C)(=O)OC2)CO1. The molecule has 0 aromatic carbocycles. The van der Waals surface area contributed by atoms with E-state index >= 15 is 0 Å². The van der Waals surface area contributed by atoms with Crippen molar-refractivity contribution in [2.45, 2.75) is 25.9 Å². The highest BCUT2D eigenvalue weighted by Gasteiger charge is 2.48. The van der Waals surface area contributed by atoms with Gasteiger partial charge in [0.15, 0.2) is 0 Å². The predicted octanol–water partition coefficient (Wildman–Crippen LogP) is 2.17. The first-order chi connectivity index (χ1) is 9.78. The largest absolute Gasteiger partial charge is 0.474 e. The molecule has 2 saturated heterocycles. The van der Waals surface area contributed by atoms with Gasteiger partial charge < -0.3 is 14.2 Å². The van der Waals surface area contributed by atoms with Gasteiger partial charge in [0.05, 0.1) is 44.6 Å². The Kier molecular flexibility index (Phi) is 5.66. The van der Waals surface area contributed by atoms with Crippen molar-refractivity contribution in [1.82, 2.24) is 0 Å². The molecule has 2 heterocycles. The second-order valence-corrected chi connectivity index (χ2v) is 9.28.